The second kappa shape index (κ2) is 7.37. The zero-order chi connectivity index (χ0) is 17.9. The Labute approximate surface area is 152 Å². The largest absolute Gasteiger partial charge is 0.337 e. The van der Waals surface area contributed by atoms with E-state index in [4.69, 9.17) is 0 Å². The molecule has 130 valence electrons. The minimum atomic E-state index is -0.789. The summed E-state index contributed by atoms with van der Waals surface area (Å²) < 4.78 is 13.8. The third-order valence-corrected chi connectivity index (χ3v) is 5.81. The predicted octanol–water partition coefficient (Wildman–Crippen LogP) is 3.32. The molecular formula is C16H16FN5OS2. The normalized spacial score (nSPS) is 15.9. The average molecular weight is 377 g/mol. The topological polar surface area (TPSA) is 90.7 Å². The van der Waals surface area contributed by atoms with Crippen molar-refractivity contribution in [2.24, 2.45) is 5.92 Å². The number of carbonyl (C=O) groups is 1. The maximum atomic E-state index is 13.2. The molecule has 2 N–H and O–H groups in total. The lowest BCUT2D eigenvalue weighted by molar-refractivity contribution is -0.119. The van der Waals surface area contributed by atoms with Crippen LogP contribution < -0.4 is 10.6 Å². The van der Waals surface area contributed by atoms with E-state index in [1.807, 2.05) is 0 Å². The number of aromatic nitrogens is 2. The third-order valence-electron chi connectivity index (χ3n) is 3.83. The second-order valence-electron chi connectivity index (χ2n) is 5.93. The number of carbonyl (C=O) groups excluding carboxylic acids is 1. The van der Waals surface area contributed by atoms with Gasteiger partial charge in [0.15, 0.2) is 4.34 Å². The van der Waals surface area contributed by atoms with Gasteiger partial charge in [-0.05, 0) is 43.9 Å². The van der Waals surface area contributed by atoms with Crippen LogP contribution in [0.25, 0.3) is 0 Å². The summed E-state index contributed by atoms with van der Waals surface area (Å²) in [6.45, 7) is 1.76. The third kappa shape index (κ3) is 4.67. The molecule has 1 aliphatic carbocycles. The molecule has 0 radical (unpaired) electrons. The maximum Gasteiger partial charge on any atom is 0.231 e. The number of halogens is 1. The number of amides is 1. The first-order chi connectivity index (χ1) is 12.0. The Kier molecular flexibility index (Phi) is 5.20. The highest BCUT2D eigenvalue weighted by molar-refractivity contribution is 8.01. The number of nitrogens with one attached hydrogen (secondary N) is 2. The van der Waals surface area contributed by atoms with Gasteiger partial charge in [0.25, 0.3) is 0 Å². The van der Waals surface area contributed by atoms with Crippen LogP contribution in [0.1, 0.15) is 19.8 Å². The minimum absolute atomic E-state index is 0.165. The molecule has 2 aromatic rings. The number of anilines is 2. The van der Waals surface area contributed by atoms with Crippen LogP contribution in [-0.2, 0) is 4.79 Å². The Morgan fingerprint density at radius 2 is 2.32 bits per heavy atom. The molecule has 0 aliphatic heterocycles. The molecular weight excluding hydrogens is 361 g/mol. The number of rotatable bonds is 7. The van der Waals surface area contributed by atoms with E-state index in [9.17, 15) is 14.4 Å². The molecule has 9 heteroatoms. The SMILES string of the molecule is C[C@@](C#N)(NC(=O)CSc1nnc(Nc2cccc(F)c2)s1)C1CC1. The second-order valence-corrected chi connectivity index (χ2v) is 8.13. The zero-order valence-electron chi connectivity index (χ0n) is 13.5. The summed E-state index contributed by atoms with van der Waals surface area (Å²) in [5, 5.41) is 23.5. The highest BCUT2D eigenvalue weighted by Gasteiger charge is 2.42. The van der Waals surface area contributed by atoms with Gasteiger partial charge in [-0.1, -0.05) is 29.2 Å². The molecule has 3 rings (SSSR count). The number of nitrogens with zero attached hydrogens (tertiary/aromatic N) is 3. The molecule has 1 fully saturated rings. The monoisotopic (exact) mass is 377 g/mol. The molecule has 1 amide bonds. The average Bonchev–Trinajstić information content (AvgIpc) is 3.35. The summed E-state index contributed by atoms with van der Waals surface area (Å²) in [5.74, 6) is -0.124. The smallest absolute Gasteiger partial charge is 0.231 e. The molecule has 1 saturated carbocycles. The highest BCUT2D eigenvalue weighted by Crippen LogP contribution is 2.39. The molecule has 25 heavy (non-hydrogen) atoms. The van der Waals surface area contributed by atoms with Crippen LogP contribution in [-0.4, -0.2) is 27.4 Å². The summed E-state index contributed by atoms with van der Waals surface area (Å²) in [7, 11) is 0. The van der Waals surface area contributed by atoms with Gasteiger partial charge >= 0.3 is 0 Å². The van der Waals surface area contributed by atoms with Crippen molar-refractivity contribution in [1.82, 2.24) is 15.5 Å². The summed E-state index contributed by atoms with van der Waals surface area (Å²) in [6.07, 6.45) is 1.95. The Morgan fingerprint density at radius 1 is 1.52 bits per heavy atom. The van der Waals surface area contributed by atoms with Gasteiger partial charge < -0.3 is 10.6 Å². The molecule has 1 aliphatic rings. The lowest BCUT2D eigenvalue weighted by Crippen LogP contribution is -2.47. The van der Waals surface area contributed by atoms with Gasteiger partial charge in [-0.25, -0.2) is 4.39 Å². The molecule has 1 aromatic carbocycles. The molecule has 0 spiro atoms. The van der Waals surface area contributed by atoms with Crippen molar-refractivity contribution in [3.05, 3.63) is 30.1 Å². The number of hydrogen-bond acceptors (Lipinski definition) is 7. The van der Waals surface area contributed by atoms with Crippen molar-refractivity contribution in [3.8, 4) is 6.07 Å². The summed E-state index contributed by atoms with van der Waals surface area (Å²) in [5.41, 5.74) is -0.206. The van der Waals surface area contributed by atoms with Gasteiger partial charge in [0.2, 0.25) is 11.0 Å². The van der Waals surface area contributed by atoms with Crippen LogP contribution in [0.3, 0.4) is 0 Å². The van der Waals surface area contributed by atoms with Gasteiger partial charge in [-0.15, -0.1) is 10.2 Å². The maximum absolute atomic E-state index is 13.2. The molecule has 6 nitrogen and oxygen atoms in total. The van der Waals surface area contributed by atoms with Crippen molar-refractivity contribution >= 4 is 39.8 Å². The Balaban J connectivity index is 1.51. The van der Waals surface area contributed by atoms with E-state index in [1.165, 1.54) is 35.2 Å². The minimum Gasteiger partial charge on any atom is -0.337 e. The summed E-state index contributed by atoms with van der Waals surface area (Å²) >= 11 is 2.54. The van der Waals surface area contributed by atoms with Crippen molar-refractivity contribution in [1.29, 1.82) is 5.26 Å². The van der Waals surface area contributed by atoms with Gasteiger partial charge in [0.05, 0.1) is 11.8 Å². The fraction of sp³-hybridized carbons (Fsp3) is 0.375. The van der Waals surface area contributed by atoms with E-state index in [-0.39, 0.29) is 23.4 Å². The van der Waals surface area contributed by atoms with Crippen LogP contribution in [0.4, 0.5) is 15.2 Å². The van der Waals surface area contributed by atoms with Crippen molar-refractivity contribution in [3.63, 3.8) is 0 Å². The Bertz CT molecular complexity index is 817. The summed E-state index contributed by atoms with van der Waals surface area (Å²) in [4.78, 5) is 12.1. The van der Waals surface area contributed by atoms with Crippen LogP contribution in [0, 0.1) is 23.1 Å². The fourth-order valence-corrected chi connectivity index (χ4v) is 3.92. The zero-order valence-corrected chi connectivity index (χ0v) is 15.1. The van der Waals surface area contributed by atoms with Crippen LogP contribution in [0.5, 0.6) is 0 Å². The van der Waals surface area contributed by atoms with Crippen LogP contribution in [0.2, 0.25) is 0 Å². The van der Waals surface area contributed by atoms with E-state index in [1.54, 1.807) is 19.1 Å². The van der Waals surface area contributed by atoms with E-state index in [2.05, 4.69) is 26.9 Å². The first kappa shape index (κ1) is 17.6. The van der Waals surface area contributed by atoms with Crippen molar-refractivity contribution in [2.45, 2.75) is 29.6 Å². The predicted molar refractivity (Wildman–Crippen MR) is 95.2 cm³/mol. The lowest BCUT2D eigenvalue weighted by Gasteiger charge is -2.22. The number of thioether (sulfide) groups is 1. The lowest BCUT2D eigenvalue weighted by atomic mass is 9.98. The standard InChI is InChI=1S/C16H16FN5OS2/c1-16(9-18,10-5-6-10)20-13(23)8-24-15-22-21-14(25-15)19-12-4-2-3-11(17)7-12/h2-4,7,10H,5-6,8H2,1H3,(H,19,21)(H,20,23)/t16-/m0/s1. The molecule has 1 atom stereocenters. The summed E-state index contributed by atoms with van der Waals surface area (Å²) in [6, 6.07) is 8.25. The first-order valence-corrected chi connectivity index (χ1v) is 9.50. The van der Waals surface area contributed by atoms with E-state index >= 15 is 0 Å². The quantitative estimate of drug-likeness (QED) is 0.720. The molecule has 0 saturated heterocycles. The number of hydrogen-bond donors (Lipinski definition) is 2. The van der Waals surface area contributed by atoms with E-state index < -0.39 is 5.54 Å². The highest BCUT2D eigenvalue weighted by atomic mass is 32.2. The van der Waals surface area contributed by atoms with E-state index in [0.29, 0.717) is 15.2 Å². The molecule has 1 heterocycles. The van der Waals surface area contributed by atoms with Crippen molar-refractivity contribution in [2.75, 3.05) is 11.1 Å². The van der Waals surface area contributed by atoms with Crippen molar-refractivity contribution < 1.29 is 9.18 Å². The van der Waals surface area contributed by atoms with Gasteiger partial charge in [-0.3, -0.25) is 4.79 Å². The Hall–Kier alpha value is -2.18. The van der Waals surface area contributed by atoms with Gasteiger partial charge in [0.1, 0.15) is 11.4 Å². The number of nitriles is 1. The molecule has 0 unspecified atom stereocenters. The Morgan fingerprint density at radius 3 is 3.00 bits per heavy atom. The van der Waals surface area contributed by atoms with Crippen LogP contribution >= 0.6 is 23.1 Å². The molecule has 0 bridgehead atoms. The fourth-order valence-electron chi connectivity index (χ4n) is 2.34. The van der Waals surface area contributed by atoms with E-state index in [0.717, 1.165) is 12.8 Å². The number of benzene rings is 1. The molecule has 1 aromatic heterocycles. The first-order valence-electron chi connectivity index (χ1n) is 7.70. The van der Waals surface area contributed by atoms with Gasteiger partial charge in [-0.2, -0.15) is 5.26 Å². The van der Waals surface area contributed by atoms with Gasteiger partial charge in [0, 0.05) is 5.69 Å². The van der Waals surface area contributed by atoms with Crippen LogP contribution in [0.15, 0.2) is 28.6 Å².